The van der Waals surface area contributed by atoms with Gasteiger partial charge in [-0.15, -0.1) is 5.10 Å². The molecule has 1 aromatic heterocycles. The Kier molecular flexibility index (Phi) is 3.55. The summed E-state index contributed by atoms with van der Waals surface area (Å²) < 4.78 is 38.1. The molecule has 0 radical (unpaired) electrons. The van der Waals surface area contributed by atoms with Crippen LogP contribution in [0.5, 0.6) is 0 Å². The van der Waals surface area contributed by atoms with Crippen LogP contribution >= 0.6 is 0 Å². The highest BCUT2D eigenvalue weighted by molar-refractivity contribution is 6.07. The molecule has 3 N–H and O–H groups in total. The number of nitrogen functional groups attached to an aromatic ring is 1. The lowest BCUT2D eigenvalue weighted by atomic mass is 10.1. The van der Waals surface area contributed by atoms with E-state index in [1.165, 1.54) is 24.4 Å². The summed E-state index contributed by atoms with van der Waals surface area (Å²) in [6, 6.07) is 6.11. The number of hydrogen-bond acceptors (Lipinski definition) is 4. The Morgan fingerprint density at radius 3 is 2.55 bits per heavy atom. The molecule has 1 heterocycles. The number of anilines is 2. The van der Waals surface area contributed by atoms with E-state index >= 15 is 0 Å². The van der Waals surface area contributed by atoms with Gasteiger partial charge >= 0.3 is 6.18 Å². The first-order valence-electron chi connectivity index (χ1n) is 5.44. The number of rotatable bonds is 2. The lowest BCUT2D eigenvalue weighted by Crippen LogP contribution is -2.18. The highest BCUT2D eigenvalue weighted by Crippen LogP contribution is 2.35. The Balaban J connectivity index is 2.32. The monoisotopic (exact) mass is 282 g/mol. The molecular formula is C12H9F3N4O. The maximum absolute atomic E-state index is 12.7. The Morgan fingerprint density at radius 2 is 1.95 bits per heavy atom. The molecule has 8 heteroatoms. The van der Waals surface area contributed by atoms with E-state index in [0.29, 0.717) is 0 Å². The van der Waals surface area contributed by atoms with Crippen LogP contribution in [-0.2, 0) is 6.18 Å². The molecule has 104 valence electrons. The van der Waals surface area contributed by atoms with Crippen LogP contribution in [0.15, 0.2) is 36.5 Å². The molecule has 1 aromatic carbocycles. The first-order valence-corrected chi connectivity index (χ1v) is 5.44. The molecule has 0 saturated heterocycles. The van der Waals surface area contributed by atoms with E-state index < -0.39 is 23.3 Å². The molecule has 5 nitrogen and oxygen atoms in total. The second kappa shape index (κ2) is 5.16. The number of nitrogens with one attached hydrogen (secondary N) is 1. The molecule has 0 fully saturated rings. The molecule has 1 amide bonds. The molecule has 0 bridgehead atoms. The molecule has 0 unspecified atom stereocenters. The minimum Gasteiger partial charge on any atom is -0.398 e. The Hall–Kier alpha value is -2.64. The number of nitrogens with two attached hydrogens (primary N) is 1. The lowest BCUT2D eigenvalue weighted by molar-refractivity contribution is -0.136. The minimum atomic E-state index is -4.62. The van der Waals surface area contributed by atoms with Crippen molar-refractivity contribution in [3.8, 4) is 0 Å². The van der Waals surface area contributed by atoms with Crippen molar-refractivity contribution in [1.29, 1.82) is 0 Å². The smallest absolute Gasteiger partial charge is 0.398 e. The van der Waals surface area contributed by atoms with Crippen molar-refractivity contribution in [2.45, 2.75) is 6.18 Å². The number of nitrogens with zero attached hydrogens (tertiary/aromatic N) is 2. The van der Waals surface area contributed by atoms with Gasteiger partial charge in [-0.2, -0.15) is 18.3 Å². The number of benzene rings is 1. The van der Waals surface area contributed by atoms with Crippen LogP contribution in [-0.4, -0.2) is 16.1 Å². The maximum Gasteiger partial charge on any atom is 0.418 e. The Labute approximate surface area is 111 Å². The zero-order valence-electron chi connectivity index (χ0n) is 9.98. The van der Waals surface area contributed by atoms with E-state index in [2.05, 4.69) is 15.5 Å². The molecule has 2 aromatic rings. The van der Waals surface area contributed by atoms with Gasteiger partial charge in [0.2, 0.25) is 0 Å². The topological polar surface area (TPSA) is 80.9 Å². The fourth-order valence-corrected chi connectivity index (χ4v) is 1.56. The second-order valence-electron chi connectivity index (χ2n) is 3.83. The fourth-order valence-electron chi connectivity index (χ4n) is 1.56. The fraction of sp³-hybridized carbons (Fsp3) is 0.0833. The molecule has 0 saturated carbocycles. The number of carbonyl (C=O) groups is 1. The third-order valence-electron chi connectivity index (χ3n) is 2.47. The van der Waals surface area contributed by atoms with E-state index in [1.54, 1.807) is 0 Å². The summed E-state index contributed by atoms with van der Waals surface area (Å²) in [7, 11) is 0. The first kappa shape index (κ1) is 13.8. The SMILES string of the molecule is Nc1c(C(=O)Nc2cccnn2)cccc1C(F)(F)F. The summed E-state index contributed by atoms with van der Waals surface area (Å²) in [4.78, 5) is 11.9. The van der Waals surface area contributed by atoms with Crippen molar-refractivity contribution < 1.29 is 18.0 Å². The van der Waals surface area contributed by atoms with E-state index in [1.807, 2.05) is 0 Å². The summed E-state index contributed by atoms with van der Waals surface area (Å²) in [5, 5.41) is 9.45. The standard InChI is InChI=1S/C12H9F3N4O/c13-12(14,15)8-4-1-3-7(10(8)16)11(20)18-9-5-2-6-17-19-9/h1-6H,16H2,(H,18,19,20). The van der Waals surface area contributed by atoms with Crippen LogP contribution in [0.4, 0.5) is 24.7 Å². The van der Waals surface area contributed by atoms with Crippen molar-refractivity contribution in [1.82, 2.24) is 10.2 Å². The highest BCUT2D eigenvalue weighted by Gasteiger charge is 2.34. The molecule has 2 rings (SSSR count). The molecule has 0 atom stereocenters. The van der Waals surface area contributed by atoms with Crippen LogP contribution in [0, 0.1) is 0 Å². The average molecular weight is 282 g/mol. The predicted molar refractivity (Wildman–Crippen MR) is 65.8 cm³/mol. The zero-order valence-corrected chi connectivity index (χ0v) is 9.98. The van der Waals surface area contributed by atoms with E-state index in [9.17, 15) is 18.0 Å². The predicted octanol–water partition coefficient (Wildman–Crippen LogP) is 2.33. The molecule has 0 aliphatic rings. The van der Waals surface area contributed by atoms with E-state index in [4.69, 9.17) is 5.73 Å². The number of aromatic nitrogens is 2. The van der Waals surface area contributed by atoms with Gasteiger partial charge in [0, 0.05) is 6.20 Å². The summed E-state index contributed by atoms with van der Waals surface area (Å²) in [6.07, 6.45) is -3.22. The van der Waals surface area contributed by atoms with E-state index in [-0.39, 0.29) is 11.4 Å². The molecule has 0 aliphatic carbocycles. The van der Waals surface area contributed by atoms with Crippen LogP contribution in [0.3, 0.4) is 0 Å². The minimum absolute atomic E-state index is 0.120. The van der Waals surface area contributed by atoms with Crippen molar-refractivity contribution >= 4 is 17.4 Å². The van der Waals surface area contributed by atoms with Crippen LogP contribution < -0.4 is 11.1 Å². The van der Waals surface area contributed by atoms with Gasteiger partial charge in [0.25, 0.3) is 5.91 Å². The second-order valence-corrected chi connectivity index (χ2v) is 3.83. The first-order chi connectivity index (χ1) is 9.39. The van der Waals surface area contributed by atoms with Gasteiger partial charge in [-0.05, 0) is 24.3 Å². The molecule has 0 aliphatic heterocycles. The van der Waals surface area contributed by atoms with Crippen molar-refractivity contribution in [2.24, 2.45) is 0 Å². The number of carbonyl (C=O) groups excluding carboxylic acids is 1. The maximum atomic E-state index is 12.7. The van der Waals surface area contributed by atoms with Crippen molar-refractivity contribution in [2.75, 3.05) is 11.1 Å². The number of amides is 1. The summed E-state index contributed by atoms with van der Waals surface area (Å²) in [5.74, 6) is -0.664. The van der Waals surface area contributed by atoms with Gasteiger partial charge in [-0.25, -0.2) is 0 Å². The van der Waals surface area contributed by atoms with Gasteiger partial charge in [0.1, 0.15) is 0 Å². The molecule has 0 spiro atoms. The van der Waals surface area contributed by atoms with E-state index in [0.717, 1.165) is 12.1 Å². The molecule has 20 heavy (non-hydrogen) atoms. The Morgan fingerprint density at radius 1 is 1.20 bits per heavy atom. The van der Waals surface area contributed by atoms with Crippen LogP contribution in [0.25, 0.3) is 0 Å². The normalized spacial score (nSPS) is 11.2. The Bertz CT molecular complexity index is 628. The third-order valence-corrected chi connectivity index (χ3v) is 2.47. The summed E-state index contributed by atoms with van der Waals surface area (Å²) in [5.41, 5.74) is 3.46. The molecular weight excluding hydrogens is 273 g/mol. The largest absolute Gasteiger partial charge is 0.418 e. The third kappa shape index (κ3) is 2.85. The average Bonchev–Trinajstić information content (AvgIpc) is 2.38. The highest BCUT2D eigenvalue weighted by atomic mass is 19.4. The van der Waals surface area contributed by atoms with Gasteiger partial charge in [0.05, 0.1) is 16.8 Å². The zero-order chi connectivity index (χ0) is 14.8. The summed E-state index contributed by atoms with van der Waals surface area (Å²) in [6.45, 7) is 0. The number of hydrogen-bond donors (Lipinski definition) is 2. The van der Waals surface area contributed by atoms with Gasteiger partial charge in [-0.3, -0.25) is 4.79 Å². The quantitative estimate of drug-likeness (QED) is 0.828. The van der Waals surface area contributed by atoms with Gasteiger partial charge < -0.3 is 11.1 Å². The number of halogens is 3. The number of para-hydroxylation sites is 1. The lowest BCUT2D eigenvalue weighted by Gasteiger charge is -2.13. The van der Waals surface area contributed by atoms with Gasteiger partial charge in [-0.1, -0.05) is 6.07 Å². The number of alkyl halides is 3. The van der Waals surface area contributed by atoms with Crippen molar-refractivity contribution in [3.05, 3.63) is 47.7 Å². The van der Waals surface area contributed by atoms with Crippen LogP contribution in [0.2, 0.25) is 0 Å². The van der Waals surface area contributed by atoms with Crippen LogP contribution in [0.1, 0.15) is 15.9 Å². The summed E-state index contributed by atoms with van der Waals surface area (Å²) >= 11 is 0. The van der Waals surface area contributed by atoms with Gasteiger partial charge in [0.15, 0.2) is 5.82 Å². The van der Waals surface area contributed by atoms with Crippen molar-refractivity contribution in [3.63, 3.8) is 0 Å².